The van der Waals surface area contributed by atoms with Crippen molar-refractivity contribution in [3.8, 4) is 0 Å². The van der Waals surface area contributed by atoms with Crippen LogP contribution in [0.1, 0.15) is 38.2 Å². The molecule has 1 aliphatic heterocycles. The second kappa shape index (κ2) is 5.41. The first-order valence-corrected chi connectivity index (χ1v) is 8.14. The summed E-state index contributed by atoms with van der Waals surface area (Å²) >= 11 is 0. The van der Waals surface area contributed by atoms with E-state index in [0.29, 0.717) is 5.92 Å². The third-order valence-electron chi connectivity index (χ3n) is 3.64. The molecule has 0 saturated carbocycles. The first-order valence-electron chi connectivity index (χ1n) is 6.70. The van der Waals surface area contributed by atoms with E-state index in [1.165, 1.54) is 0 Å². The SMILES string of the molecule is CC(C)c1ccc(S(=O)(=O)N2CCC(F)(F)CC2)cc1. The van der Waals surface area contributed by atoms with Crippen molar-refractivity contribution in [2.75, 3.05) is 13.1 Å². The monoisotopic (exact) mass is 303 g/mol. The van der Waals surface area contributed by atoms with Crippen molar-refractivity contribution in [2.45, 2.75) is 43.4 Å². The lowest BCUT2D eigenvalue weighted by Gasteiger charge is -2.30. The Balaban J connectivity index is 2.18. The maximum Gasteiger partial charge on any atom is 0.250 e. The normalized spacial score (nSPS) is 20.2. The van der Waals surface area contributed by atoms with E-state index in [1.54, 1.807) is 24.3 Å². The Hall–Kier alpha value is -1.01. The summed E-state index contributed by atoms with van der Waals surface area (Å²) in [6, 6.07) is 6.65. The van der Waals surface area contributed by atoms with Crippen LogP contribution in [0.4, 0.5) is 8.78 Å². The number of rotatable bonds is 3. The molecule has 0 aromatic heterocycles. The maximum absolute atomic E-state index is 13.1. The molecule has 1 aliphatic rings. The van der Waals surface area contributed by atoms with Gasteiger partial charge in [0.25, 0.3) is 5.92 Å². The fourth-order valence-corrected chi connectivity index (χ4v) is 3.67. The molecular weight excluding hydrogens is 284 g/mol. The van der Waals surface area contributed by atoms with Crippen molar-refractivity contribution >= 4 is 10.0 Å². The van der Waals surface area contributed by atoms with E-state index in [0.717, 1.165) is 9.87 Å². The minimum Gasteiger partial charge on any atom is -0.207 e. The smallest absolute Gasteiger partial charge is 0.207 e. The van der Waals surface area contributed by atoms with E-state index in [2.05, 4.69) is 0 Å². The molecule has 1 saturated heterocycles. The van der Waals surface area contributed by atoms with Crippen molar-refractivity contribution < 1.29 is 17.2 Å². The van der Waals surface area contributed by atoms with Gasteiger partial charge in [-0.2, -0.15) is 4.31 Å². The van der Waals surface area contributed by atoms with Crippen LogP contribution in [0, 0.1) is 0 Å². The van der Waals surface area contributed by atoms with Gasteiger partial charge in [0, 0.05) is 25.9 Å². The number of piperidine rings is 1. The summed E-state index contributed by atoms with van der Waals surface area (Å²) in [4.78, 5) is 0.173. The fourth-order valence-electron chi connectivity index (χ4n) is 2.23. The summed E-state index contributed by atoms with van der Waals surface area (Å²) < 4.78 is 52.0. The van der Waals surface area contributed by atoms with Crippen LogP contribution in [0.3, 0.4) is 0 Å². The molecule has 112 valence electrons. The Bertz CT molecular complexity index is 557. The van der Waals surface area contributed by atoms with Crippen LogP contribution in [0.15, 0.2) is 29.2 Å². The molecule has 1 aromatic carbocycles. The van der Waals surface area contributed by atoms with Gasteiger partial charge in [-0.3, -0.25) is 0 Å². The molecule has 1 heterocycles. The standard InChI is InChI=1S/C14H19F2NO2S/c1-11(2)12-3-5-13(6-4-12)20(18,19)17-9-7-14(15,16)8-10-17/h3-6,11H,7-10H2,1-2H3. The van der Waals surface area contributed by atoms with E-state index in [4.69, 9.17) is 0 Å². The Morgan fingerprint density at radius 2 is 1.60 bits per heavy atom. The summed E-state index contributed by atoms with van der Waals surface area (Å²) in [5, 5.41) is 0. The van der Waals surface area contributed by atoms with Crippen molar-refractivity contribution in [3.63, 3.8) is 0 Å². The quantitative estimate of drug-likeness (QED) is 0.859. The first kappa shape index (κ1) is 15.4. The van der Waals surface area contributed by atoms with Crippen molar-refractivity contribution in [1.29, 1.82) is 0 Å². The topological polar surface area (TPSA) is 37.4 Å². The minimum absolute atomic E-state index is 0.124. The molecule has 0 bridgehead atoms. The van der Waals surface area contributed by atoms with Gasteiger partial charge in [-0.15, -0.1) is 0 Å². The van der Waals surface area contributed by atoms with Gasteiger partial charge in [0.2, 0.25) is 10.0 Å². The van der Waals surface area contributed by atoms with Crippen LogP contribution in [0.5, 0.6) is 0 Å². The summed E-state index contributed by atoms with van der Waals surface area (Å²) in [6.45, 7) is 3.80. The summed E-state index contributed by atoms with van der Waals surface area (Å²) in [7, 11) is -3.65. The van der Waals surface area contributed by atoms with Gasteiger partial charge in [-0.05, 0) is 23.6 Å². The molecule has 1 aromatic rings. The molecule has 1 fully saturated rings. The zero-order chi connectivity index (χ0) is 15.0. The van der Waals surface area contributed by atoms with E-state index >= 15 is 0 Å². The third-order valence-corrected chi connectivity index (χ3v) is 5.55. The van der Waals surface area contributed by atoms with E-state index < -0.39 is 28.8 Å². The van der Waals surface area contributed by atoms with Gasteiger partial charge >= 0.3 is 0 Å². The Kier molecular flexibility index (Phi) is 4.16. The van der Waals surface area contributed by atoms with Crippen LogP contribution >= 0.6 is 0 Å². The van der Waals surface area contributed by atoms with Gasteiger partial charge in [-0.1, -0.05) is 26.0 Å². The molecule has 6 heteroatoms. The van der Waals surface area contributed by atoms with E-state index in [-0.39, 0.29) is 18.0 Å². The summed E-state index contributed by atoms with van der Waals surface area (Å²) in [5.41, 5.74) is 1.05. The Morgan fingerprint density at radius 3 is 2.05 bits per heavy atom. The van der Waals surface area contributed by atoms with Crippen molar-refractivity contribution in [3.05, 3.63) is 29.8 Å². The maximum atomic E-state index is 13.1. The average Bonchev–Trinajstić information content (AvgIpc) is 2.38. The molecule has 20 heavy (non-hydrogen) atoms. The van der Waals surface area contributed by atoms with Gasteiger partial charge in [0.15, 0.2) is 0 Å². The van der Waals surface area contributed by atoms with E-state index in [1.807, 2.05) is 13.8 Å². The number of hydrogen-bond acceptors (Lipinski definition) is 2. The summed E-state index contributed by atoms with van der Waals surface area (Å²) in [5.74, 6) is -2.42. The molecular formula is C14H19F2NO2S. The van der Waals surface area contributed by atoms with E-state index in [9.17, 15) is 17.2 Å². The average molecular weight is 303 g/mol. The molecule has 0 N–H and O–H groups in total. The van der Waals surface area contributed by atoms with Gasteiger partial charge in [0.05, 0.1) is 4.90 Å². The molecule has 0 radical (unpaired) electrons. The largest absolute Gasteiger partial charge is 0.250 e. The highest BCUT2D eigenvalue weighted by atomic mass is 32.2. The lowest BCUT2D eigenvalue weighted by molar-refractivity contribution is -0.0412. The summed E-state index contributed by atoms with van der Waals surface area (Å²) in [6.07, 6.45) is -0.813. The van der Waals surface area contributed by atoms with Gasteiger partial charge in [-0.25, -0.2) is 17.2 Å². The molecule has 0 atom stereocenters. The molecule has 0 amide bonds. The molecule has 0 unspecified atom stereocenters. The highest BCUT2D eigenvalue weighted by Crippen LogP contribution is 2.30. The predicted octanol–water partition coefficient (Wildman–Crippen LogP) is 3.23. The fraction of sp³-hybridized carbons (Fsp3) is 0.571. The van der Waals surface area contributed by atoms with Crippen LogP contribution in [-0.4, -0.2) is 31.7 Å². The predicted molar refractivity (Wildman–Crippen MR) is 73.5 cm³/mol. The number of sulfonamides is 1. The highest BCUT2D eigenvalue weighted by molar-refractivity contribution is 7.89. The lowest BCUT2D eigenvalue weighted by Crippen LogP contribution is -2.42. The third kappa shape index (κ3) is 3.17. The van der Waals surface area contributed by atoms with Crippen molar-refractivity contribution in [2.24, 2.45) is 0 Å². The number of hydrogen-bond donors (Lipinski definition) is 0. The van der Waals surface area contributed by atoms with Crippen LogP contribution < -0.4 is 0 Å². The second-order valence-corrected chi connectivity index (χ2v) is 7.42. The molecule has 0 spiro atoms. The number of halogens is 2. The van der Waals surface area contributed by atoms with Gasteiger partial charge in [0.1, 0.15) is 0 Å². The number of alkyl halides is 2. The Morgan fingerprint density at radius 1 is 1.10 bits per heavy atom. The number of nitrogens with zero attached hydrogens (tertiary/aromatic N) is 1. The highest BCUT2D eigenvalue weighted by Gasteiger charge is 2.38. The van der Waals surface area contributed by atoms with Crippen molar-refractivity contribution in [1.82, 2.24) is 4.31 Å². The first-order chi connectivity index (χ1) is 9.22. The van der Waals surface area contributed by atoms with Gasteiger partial charge < -0.3 is 0 Å². The molecule has 0 aliphatic carbocycles. The van der Waals surface area contributed by atoms with Crippen LogP contribution in [0.2, 0.25) is 0 Å². The molecule has 2 rings (SSSR count). The second-order valence-electron chi connectivity index (χ2n) is 5.48. The molecule has 3 nitrogen and oxygen atoms in total. The van der Waals surface area contributed by atoms with Crippen LogP contribution in [-0.2, 0) is 10.0 Å². The lowest BCUT2D eigenvalue weighted by atomic mass is 10.0. The Labute approximate surface area is 118 Å². The minimum atomic E-state index is -3.65. The number of benzene rings is 1. The zero-order valence-corrected chi connectivity index (χ0v) is 12.5. The van der Waals surface area contributed by atoms with Crippen LogP contribution in [0.25, 0.3) is 0 Å². The zero-order valence-electron chi connectivity index (χ0n) is 11.6.